The first-order valence-electron chi connectivity index (χ1n) is 7.66. The summed E-state index contributed by atoms with van der Waals surface area (Å²) >= 11 is 0. The molecule has 1 rings (SSSR count). The van der Waals surface area contributed by atoms with Gasteiger partial charge in [0.05, 0.1) is 5.41 Å². The first kappa shape index (κ1) is 18.5. The molecule has 0 aromatic heterocycles. The summed E-state index contributed by atoms with van der Waals surface area (Å²) in [6.07, 6.45) is 0.436. The van der Waals surface area contributed by atoms with Crippen LogP contribution >= 0.6 is 0 Å². The van der Waals surface area contributed by atoms with Crippen LogP contribution in [0.3, 0.4) is 0 Å². The van der Waals surface area contributed by atoms with Crippen molar-refractivity contribution in [3.05, 3.63) is 29.8 Å². The molecule has 22 heavy (non-hydrogen) atoms. The van der Waals surface area contributed by atoms with Gasteiger partial charge in [-0.05, 0) is 58.7 Å². The number of ether oxygens (including phenoxy) is 3. The number of hydrogen-bond donors (Lipinski definition) is 0. The molecule has 1 aromatic rings. The van der Waals surface area contributed by atoms with Crippen LogP contribution < -0.4 is 4.74 Å². The number of carbonyl (C=O) groups is 1. The van der Waals surface area contributed by atoms with Gasteiger partial charge in [0.25, 0.3) is 0 Å². The van der Waals surface area contributed by atoms with E-state index >= 15 is 0 Å². The predicted octanol–water partition coefficient (Wildman–Crippen LogP) is 4.27. The molecule has 124 valence electrons. The SMILES string of the molecule is CCC(C)(C)C(=O)OC(C)(C)c1ccc(OC(C)OC)cc1. The Labute approximate surface area is 133 Å². The highest BCUT2D eigenvalue weighted by atomic mass is 16.7. The number of rotatable bonds is 7. The van der Waals surface area contributed by atoms with E-state index in [0.29, 0.717) is 5.75 Å². The molecule has 0 aliphatic heterocycles. The van der Waals surface area contributed by atoms with Gasteiger partial charge in [-0.3, -0.25) is 4.79 Å². The Morgan fingerprint density at radius 2 is 1.68 bits per heavy atom. The molecule has 1 unspecified atom stereocenters. The summed E-state index contributed by atoms with van der Waals surface area (Å²) in [5.41, 5.74) is -0.242. The van der Waals surface area contributed by atoms with Crippen LogP contribution in [0.15, 0.2) is 24.3 Å². The molecule has 0 N–H and O–H groups in total. The summed E-state index contributed by atoms with van der Waals surface area (Å²) in [6.45, 7) is 11.4. The number of carbonyl (C=O) groups excluding carboxylic acids is 1. The zero-order valence-electron chi connectivity index (χ0n) is 14.7. The lowest BCUT2D eigenvalue weighted by Crippen LogP contribution is -2.33. The van der Waals surface area contributed by atoms with Crippen LogP contribution in [-0.2, 0) is 19.9 Å². The van der Waals surface area contributed by atoms with Gasteiger partial charge in [0.15, 0.2) is 6.29 Å². The lowest BCUT2D eigenvalue weighted by Gasteiger charge is -2.31. The largest absolute Gasteiger partial charge is 0.465 e. The van der Waals surface area contributed by atoms with E-state index in [-0.39, 0.29) is 12.3 Å². The summed E-state index contributed by atoms with van der Waals surface area (Å²) in [5, 5.41) is 0. The molecule has 0 radical (unpaired) electrons. The quantitative estimate of drug-likeness (QED) is 0.557. The van der Waals surface area contributed by atoms with Crippen LogP contribution in [0.2, 0.25) is 0 Å². The topological polar surface area (TPSA) is 44.8 Å². The van der Waals surface area contributed by atoms with Crippen molar-refractivity contribution in [2.24, 2.45) is 5.41 Å². The molecule has 0 heterocycles. The summed E-state index contributed by atoms with van der Waals surface area (Å²) in [6, 6.07) is 7.52. The summed E-state index contributed by atoms with van der Waals surface area (Å²) in [7, 11) is 1.59. The van der Waals surface area contributed by atoms with Gasteiger partial charge in [0.2, 0.25) is 0 Å². The molecule has 0 saturated carbocycles. The maximum Gasteiger partial charge on any atom is 0.312 e. The van der Waals surface area contributed by atoms with E-state index in [4.69, 9.17) is 14.2 Å². The highest BCUT2D eigenvalue weighted by Gasteiger charge is 2.33. The van der Waals surface area contributed by atoms with Crippen molar-refractivity contribution in [1.29, 1.82) is 0 Å². The van der Waals surface area contributed by atoms with Crippen molar-refractivity contribution in [2.75, 3.05) is 7.11 Å². The molecule has 0 spiro atoms. The summed E-state index contributed by atoms with van der Waals surface area (Å²) < 4.78 is 16.3. The van der Waals surface area contributed by atoms with Gasteiger partial charge in [0, 0.05) is 7.11 Å². The van der Waals surface area contributed by atoms with Crippen LogP contribution in [-0.4, -0.2) is 19.4 Å². The molecular weight excluding hydrogens is 280 g/mol. The zero-order chi connectivity index (χ0) is 17.0. The monoisotopic (exact) mass is 308 g/mol. The molecule has 0 amide bonds. The normalized spacial score (nSPS) is 13.6. The fraction of sp³-hybridized carbons (Fsp3) is 0.611. The van der Waals surface area contributed by atoms with E-state index in [9.17, 15) is 4.79 Å². The Hall–Kier alpha value is -1.55. The highest BCUT2D eigenvalue weighted by Crippen LogP contribution is 2.31. The van der Waals surface area contributed by atoms with Gasteiger partial charge in [-0.1, -0.05) is 19.1 Å². The second kappa shape index (κ2) is 7.14. The van der Waals surface area contributed by atoms with Gasteiger partial charge in [-0.15, -0.1) is 0 Å². The van der Waals surface area contributed by atoms with Crippen molar-refractivity contribution in [2.45, 2.75) is 59.9 Å². The first-order valence-corrected chi connectivity index (χ1v) is 7.66. The molecule has 0 saturated heterocycles. The number of benzene rings is 1. The smallest absolute Gasteiger partial charge is 0.312 e. The van der Waals surface area contributed by atoms with Crippen molar-refractivity contribution < 1.29 is 19.0 Å². The minimum Gasteiger partial charge on any atom is -0.465 e. The lowest BCUT2D eigenvalue weighted by atomic mass is 9.89. The molecular formula is C18H28O4. The third kappa shape index (κ3) is 4.73. The summed E-state index contributed by atoms with van der Waals surface area (Å²) in [4.78, 5) is 12.3. The average molecular weight is 308 g/mol. The maximum absolute atomic E-state index is 12.3. The van der Waals surface area contributed by atoms with Gasteiger partial charge in [0.1, 0.15) is 11.4 Å². The molecule has 1 aromatic carbocycles. The first-order chi connectivity index (χ1) is 10.1. The van der Waals surface area contributed by atoms with E-state index in [1.807, 2.05) is 65.8 Å². The number of hydrogen-bond acceptors (Lipinski definition) is 4. The van der Waals surface area contributed by atoms with Crippen molar-refractivity contribution in [3.63, 3.8) is 0 Å². The molecule has 1 atom stereocenters. The summed E-state index contributed by atoms with van der Waals surface area (Å²) in [5.74, 6) is 0.530. The fourth-order valence-electron chi connectivity index (χ4n) is 1.75. The van der Waals surface area contributed by atoms with E-state index < -0.39 is 11.0 Å². The standard InChI is InChI=1S/C18H28O4/c1-8-17(3,4)16(19)22-18(5,6)14-9-11-15(12-10-14)21-13(2)20-7/h9-13H,8H2,1-7H3. The van der Waals surface area contributed by atoms with Crippen LogP contribution in [0.4, 0.5) is 0 Å². The Kier molecular flexibility index (Phi) is 6.00. The maximum atomic E-state index is 12.3. The highest BCUT2D eigenvalue weighted by molar-refractivity contribution is 5.76. The molecule has 0 aliphatic rings. The van der Waals surface area contributed by atoms with Gasteiger partial charge in [-0.25, -0.2) is 0 Å². The number of methoxy groups -OCH3 is 1. The van der Waals surface area contributed by atoms with Crippen LogP contribution in [0.1, 0.15) is 53.5 Å². The zero-order valence-corrected chi connectivity index (χ0v) is 14.7. The lowest BCUT2D eigenvalue weighted by molar-refractivity contribution is -0.168. The minimum absolute atomic E-state index is 0.187. The van der Waals surface area contributed by atoms with Gasteiger partial charge >= 0.3 is 5.97 Å². The molecule has 0 bridgehead atoms. The molecule has 4 heteroatoms. The minimum atomic E-state index is -0.686. The van der Waals surface area contributed by atoms with E-state index in [0.717, 1.165) is 12.0 Å². The van der Waals surface area contributed by atoms with Crippen LogP contribution in [0.25, 0.3) is 0 Å². The third-order valence-electron chi connectivity index (χ3n) is 3.97. The van der Waals surface area contributed by atoms with E-state index in [1.54, 1.807) is 7.11 Å². The Bertz CT molecular complexity index is 488. The van der Waals surface area contributed by atoms with E-state index in [1.165, 1.54) is 0 Å². The van der Waals surface area contributed by atoms with Crippen molar-refractivity contribution in [3.8, 4) is 5.75 Å². The van der Waals surface area contributed by atoms with Crippen molar-refractivity contribution >= 4 is 5.97 Å². The van der Waals surface area contributed by atoms with E-state index in [2.05, 4.69) is 0 Å². The Morgan fingerprint density at radius 3 is 2.14 bits per heavy atom. The van der Waals surface area contributed by atoms with Gasteiger partial charge < -0.3 is 14.2 Å². The predicted molar refractivity (Wildman–Crippen MR) is 86.7 cm³/mol. The second-order valence-corrected chi connectivity index (χ2v) is 6.58. The van der Waals surface area contributed by atoms with Crippen molar-refractivity contribution in [1.82, 2.24) is 0 Å². The Balaban J connectivity index is 2.83. The van der Waals surface area contributed by atoms with Gasteiger partial charge in [-0.2, -0.15) is 0 Å². The molecule has 0 fully saturated rings. The average Bonchev–Trinajstić information content (AvgIpc) is 2.47. The second-order valence-electron chi connectivity index (χ2n) is 6.58. The Morgan fingerprint density at radius 1 is 1.14 bits per heavy atom. The molecule has 0 aliphatic carbocycles. The number of esters is 1. The molecule has 4 nitrogen and oxygen atoms in total. The van der Waals surface area contributed by atoms with Crippen LogP contribution in [0.5, 0.6) is 5.75 Å². The fourth-order valence-corrected chi connectivity index (χ4v) is 1.75. The third-order valence-corrected chi connectivity index (χ3v) is 3.97. The van der Waals surface area contributed by atoms with Crippen LogP contribution in [0, 0.1) is 5.41 Å².